The second-order valence-electron chi connectivity index (χ2n) is 8.98. The first kappa shape index (κ1) is 18.3. The minimum absolute atomic E-state index is 0.105. The Morgan fingerprint density at radius 1 is 1.33 bits per heavy atom. The van der Waals surface area contributed by atoms with Crippen LogP contribution in [0.15, 0.2) is 34.7 Å². The first-order valence-corrected chi connectivity index (χ1v) is 10.0. The molecule has 2 heterocycles. The molecule has 3 aliphatic rings. The number of nitrogens with zero attached hydrogens (tertiary/aromatic N) is 2. The van der Waals surface area contributed by atoms with Crippen molar-refractivity contribution in [3.8, 4) is 0 Å². The first-order valence-electron chi connectivity index (χ1n) is 10.0. The summed E-state index contributed by atoms with van der Waals surface area (Å²) in [5.74, 6) is 1.23. The highest BCUT2D eigenvalue weighted by atomic mass is 16.5. The molecule has 1 aromatic heterocycles. The Balaban J connectivity index is 1.43. The van der Waals surface area contributed by atoms with Crippen LogP contribution in [0, 0.1) is 11.3 Å². The van der Waals surface area contributed by atoms with Crippen LogP contribution in [0.1, 0.15) is 58.6 Å². The quantitative estimate of drug-likeness (QED) is 0.848. The van der Waals surface area contributed by atoms with E-state index in [1.807, 2.05) is 0 Å². The molecule has 0 bridgehead atoms. The lowest BCUT2D eigenvalue weighted by molar-refractivity contribution is -0.0327. The van der Waals surface area contributed by atoms with Crippen LogP contribution in [0.5, 0.6) is 0 Å². The molecular formula is C21H30N4O2. The van der Waals surface area contributed by atoms with Gasteiger partial charge in [-0.1, -0.05) is 39.0 Å². The van der Waals surface area contributed by atoms with Gasteiger partial charge in [-0.3, -0.25) is 10.2 Å². The zero-order valence-corrected chi connectivity index (χ0v) is 16.5. The van der Waals surface area contributed by atoms with Gasteiger partial charge in [0.05, 0.1) is 18.4 Å². The minimum atomic E-state index is -0.113. The number of allylic oxidation sites excluding steroid dienone is 2. The van der Waals surface area contributed by atoms with Gasteiger partial charge in [-0.15, -0.1) is 0 Å². The van der Waals surface area contributed by atoms with Gasteiger partial charge in [-0.05, 0) is 49.0 Å². The topological polar surface area (TPSA) is 68.2 Å². The van der Waals surface area contributed by atoms with Gasteiger partial charge >= 0.3 is 0 Å². The molecule has 0 saturated heterocycles. The van der Waals surface area contributed by atoms with E-state index < -0.39 is 0 Å². The number of hydrogen-bond acceptors (Lipinski definition) is 5. The molecule has 0 radical (unpaired) electrons. The number of anilines is 1. The molecule has 4 rings (SSSR count). The smallest absolute Gasteiger partial charge is 0.273 e. The number of hydrogen-bond donors (Lipinski definition) is 2. The number of fused-ring (bicyclic) bond motifs is 1. The summed E-state index contributed by atoms with van der Waals surface area (Å²) >= 11 is 0. The van der Waals surface area contributed by atoms with Crippen LogP contribution < -0.4 is 16.3 Å². The summed E-state index contributed by atoms with van der Waals surface area (Å²) in [4.78, 5) is 17.1. The van der Waals surface area contributed by atoms with Crippen LogP contribution in [-0.2, 0) is 11.3 Å². The molecule has 1 saturated carbocycles. The van der Waals surface area contributed by atoms with Gasteiger partial charge in [0.2, 0.25) is 5.95 Å². The molecule has 1 aromatic rings. The Morgan fingerprint density at radius 3 is 2.93 bits per heavy atom. The maximum Gasteiger partial charge on any atom is 0.273 e. The summed E-state index contributed by atoms with van der Waals surface area (Å²) < 4.78 is 7.64. The van der Waals surface area contributed by atoms with Gasteiger partial charge in [0.25, 0.3) is 5.56 Å². The zero-order chi connectivity index (χ0) is 19.0. The van der Waals surface area contributed by atoms with Crippen LogP contribution in [-0.4, -0.2) is 21.9 Å². The second-order valence-corrected chi connectivity index (χ2v) is 8.98. The van der Waals surface area contributed by atoms with Crippen molar-refractivity contribution in [3.05, 3.63) is 45.9 Å². The molecule has 6 heteroatoms. The molecule has 0 aromatic carbocycles. The Hall–Kier alpha value is -2.08. The maximum absolute atomic E-state index is 12.5. The van der Waals surface area contributed by atoms with Crippen LogP contribution in [0.2, 0.25) is 0 Å². The van der Waals surface area contributed by atoms with Crippen LogP contribution in [0.25, 0.3) is 0 Å². The average Bonchev–Trinajstić information content (AvgIpc) is 3.04. The Labute approximate surface area is 160 Å². The number of ether oxygens (including phenoxy) is 1. The highest BCUT2D eigenvalue weighted by Crippen LogP contribution is 2.39. The third-order valence-electron chi connectivity index (χ3n) is 5.67. The van der Waals surface area contributed by atoms with Crippen LogP contribution in [0.4, 0.5) is 5.95 Å². The van der Waals surface area contributed by atoms with E-state index >= 15 is 0 Å². The van der Waals surface area contributed by atoms with Crippen molar-refractivity contribution in [3.63, 3.8) is 0 Å². The van der Waals surface area contributed by atoms with E-state index in [1.54, 1.807) is 6.07 Å². The van der Waals surface area contributed by atoms with Crippen LogP contribution >= 0.6 is 0 Å². The lowest BCUT2D eigenvalue weighted by Crippen LogP contribution is -2.33. The molecule has 0 amide bonds. The molecule has 3 unspecified atom stereocenters. The molecule has 1 aliphatic heterocycles. The zero-order valence-electron chi connectivity index (χ0n) is 16.5. The summed E-state index contributed by atoms with van der Waals surface area (Å²) in [6.07, 6.45) is 12.0. The van der Waals surface area contributed by atoms with Crippen molar-refractivity contribution in [2.24, 2.45) is 11.3 Å². The Bertz CT molecular complexity index is 824. The maximum atomic E-state index is 12.5. The summed E-state index contributed by atoms with van der Waals surface area (Å²) in [6.45, 7) is 7.29. The Kier molecular flexibility index (Phi) is 4.84. The highest BCUT2D eigenvalue weighted by Gasteiger charge is 2.32. The summed E-state index contributed by atoms with van der Waals surface area (Å²) in [5.41, 5.74) is 5.23. The van der Waals surface area contributed by atoms with E-state index in [4.69, 9.17) is 4.74 Å². The fourth-order valence-corrected chi connectivity index (χ4v) is 4.71. The largest absolute Gasteiger partial charge is 0.372 e. The summed E-state index contributed by atoms with van der Waals surface area (Å²) in [7, 11) is 0. The van der Waals surface area contributed by atoms with Crippen molar-refractivity contribution < 1.29 is 4.74 Å². The van der Waals surface area contributed by atoms with E-state index in [-0.39, 0.29) is 17.8 Å². The Morgan fingerprint density at radius 2 is 2.19 bits per heavy atom. The summed E-state index contributed by atoms with van der Waals surface area (Å²) in [6, 6.07) is 1.57. The molecule has 2 aliphatic carbocycles. The summed E-state index contributed by atoms with van der Waals surface area (Å²) in [5, 5.41) is 3.31. The molecule has 1 fully saturated rings. The molecule has 27 heavy (non-hydrogen) atoms. The molecule has 6 nitrogen and oxygen atoms in total. The SMILES string of the molecule is CC1CC(OCc2cc(=O)n3c(n2)NC(C2=CCCC=C2)N3)CC(C)(C)C1. The van der Waals surface area contributed by atoms with E-state index in [1.165, 1.54) is 11.1 Å². The molecule has 146 valence electrons. The number of nitrogens with one attached hydrogen (secondary N) is 2. The molecule has 0 spiro atoms. The highest BCUT2D eigenvalue weighted by molar-refractivity contribution is 5.45. The third-order valence-corrected chi connectivity index (χ3v) is 5.67. The molecular weight excluding hydrogens is 340 g/mol. The lowest BCUT2D eigenvalue weighted by Gasteiger charge is -2.38. The molecule has 3 atom stereocenters. The van der Waals surface area contributed by atoms with Gasteiger partial charge in [-0.25, -0.2) is 4.98 Å². The fourth-order valence-electron chi connectivity index (χ4n) is 4.71. The van der Waals surface area contributed by atoms with Crippen molar-refractivity contribution in [2.45, 2.75) is 71.8 Å². The first-order chi connectivity index (χ1) is 12.9. The number of rotatable bonds is 4. The van der Waals surface area contributed by atoms with Crippen molar-refractivity contribution in [1.29, 1.82) is 0 Å². The van der Waals surface area contributed by atoms with Crippen molar-refractivity contribution in [1.82, 2.24) is 9.66 Å². The van der Waals surface area contributed by atoms with E-state index in [0.717, 1.165) is 31.3 Å². The van der Waals surface area contributed by atoms with Crippen LogP contribution in [0.3, 0.4) is 0 Å². The lowest BCUT2D eigenvalue weighted by atomic mass is 9.71. The van der Waals surface area contributed by atoms with Gasteiger partial charge in [0.15, 0.2) is 0 Å². The van der Waals surface area contributed by atoms with Crippen molar-refractivity contribution in [2.75, 3.05) is 10.7 Å². The van der Waals surface area contributed by atoms with Gasteiger partial charge in [0, 0.05) is 6.07 Å². The van der Waals surface area contributed by atoms with Gasteiger partial charge in [0.1, 0.15) is 6.17 Å². The normalized spacial score (nSPS) is 28.9. The average molecular weight is 370 g/mol. The molecule has 2 N–H and O–H groups in total. The second kappa shape index (κ2) is 7.15. The third kappa shape index (κ3) is 4.10. The predicted octanol–water partition coefficient (Wildman–Crippen LogP) is 3.55. The van der Waals surface area contributed by atoms with Gasteiger partial charge < -0.3 is 10.1 Å². The fraction of sp³-hybridized carbons (Fsp3) is 0.619. The minimum Gasteiger partial charge on any atom is -0.372 e. The predicted molar refractivity (Wildman–Crippen MR) is 107 cm³/mol. The number of aromatic nitrogens is 2. The monoisotopic (exact) mass is 370 g/mol. The van der Waals surface area contributed by atoms with Crippen molar-refractivity contribution >= 4 is 5.95 Å². The van der Waals surface area contributed by atoms with E-state index in [0.29, 0.717) is 29.6 Å². The van der Waals surface area contributed by atoms with Gasteiger partial charge in [-0.2, -0.15) is 4.68 Å². The van der Waals surface area contributed by atoms with E-state index in [9.17, 15) is 4.79 Å². The van der Waals surface area contributed by atoms with E-state index in [2.05, 4.69) is 54.7 Å². The standard InChI is InChI=1S/C21H30N4O2/c1-14-9-17(12-21(2,3)11-14)27-13-16-10-18(26)25-20(22-16)23-19(24-25)15-7-5-4-6-8-15/h5,7-8,10,14,17,19,24H,4,6,9,11-13H2,1-3H3,(H,22,23).